The summed E-state index contributed by atoms with van der Waals surface area (Å²) >= 11 is 0. The maximum atomic E-state index is 11.4. The third-order valence-corrected chi connectivity index (χ3v) is 3.47. The Kier molecular flexibility index (Phi) is 4.19. The van der Waals surface area contributed by atoms with Gasteiger partial charge in [0.05, 0.1) is 13.0 Å². The number of methoxy groups -OCH3 is 1. The first-order valence-corrected chi connectivity index (χ1v) is 6.51. The first-order chi connectivity index (χ1) is 9.08. The molecule has 0 saturated heterocycles. The largest absolute Gasteiger partial charge is 0.469 e. The lowest BCUT2D eigenvalue weighted by molar-refractivity contribution is -0.146. The van der Waals surface area contributed by atoms with Crippen molar-refractivity contribution in [3.8, 4) is 0 Å². The van der Waals surface area contributed by atoms with E-state index in [9.17, 15) is 9.59 Å². The van der Waals surface area contributed by atoms with E-state index < -0.39 is 0 Å². The maximum Gasteiger partial charge on any atom is 0.308 e. The Morgan fingerprint density at radius 2 is 2.11 bits per heavy atom. The SMILES string of the molecule is COC(=O)C1CCC(Nc2cc(=O)[nH]c(C)n2)CC1. The second-order valence-electron chi connectivity index (χ2n) is 4.93. The Bertz CT molecular complexity index is 504. The molecule has 0 bridgehead atoms. The third-order valence-electron chi connectivity index (χ3n) is 3.47. The molecule has 0 atom stereocenters. The molecule has 1 saturated carbocycles. The summed E-state index contributed by atoms with van der Waals surface area (Å²) in [6, 6.07) is 1.72. The van der Waals surface area contributed by atoms with E-state index in [1.54, 1.807) is 6.92 Å². The van der Waals surface area contributed by atoms with Crippen molar-refractivity contribution in [1.29, 1.82) is 0 Å². The predicted octanol–water partition coefficient (Wildman–Crippen LogP) is 1.22. The number of hydrogen-bond acceptors (Lipinski definition) is 5. The molecule has 1 aromatic heterocycles. The summed E-state index contributed by atoms with van der Waals surface area (Å²) in [5.41, 5.74) is -0.154. The van der Waals surface area contributed by atoms with E-state index in [-0.39, 0.29) is 23.5 Å². The van der Waals surface area contributed by atoms with Crippen molar-refractivity contribution >= 4 is 11.8 Å². The monoisotopic (exact) mass is 265 g/mol. The van der Waals surface area contributed by atoms with Gasteiger partial charge in [0.15, 0.2) is 0 Å². The molecule has 0 unspecified atom stereocenters. The van der Waals surface area contributed by atoms with Crippen molar-refractivity contribution in [1.82, 2.24) is 9.97 Å². The zero-order valence-electron chi connectivity index (χ0n) is 11.2. The Balaban J connectivity index is 1.92. The summed E-state index contributed by atoms with van der Waals surface area (Å²) < 4.78 is 4.76. The van der Waals surface area contributed by atoms with Gasteiger partial charge in [-0.25, -0.2) is 4.98 Å². The van der Waals surface area contributed by atoms with E-state index in [4.69, 9.17) is 4.74 Å². The Labute approximate surface area is 111 Å². The molecule has 0 spiro atoms. The van der Waals surface area contributed by atoms with E-state index in [2.05, 4.69) is 15.3 Å². The third kappa shape index (κ3) is 3.56. The van der Waals surface area contributed by atoms with Crippen molar-refractivity contribution in [2.45, 2.75) is 38.6 Å². The van der Waals surface area contributed by atoms with Crippen LogP contribution in [0.1, 0.15) is 31.5 Å². The van der Waals surface area contributed by atoms with E-state index in [1.807, 2.05) is 0 Å². The molecule has 0 amide bonds. The van der Waals surface area contributed by atoms with Crippen LogP contribution in [-0.4, -0.2) is 29.1 Å². The molecule has 104 valence electrons. The molecule has 19 heavy (non-hydrogen) atoms. The molecule has 1 aliphatic rings. The van der Waals surface area contributed by atoms with Gasteiger partial charge >= 0.3 is 5.97 Å². The van der Waals surface area contributed by atoms with Crippen molar-refractivity contribution in [2.24, 2.45) is 5.92 Å². The summed E-state index contributed by atoms with van der Waals surface area (Å²) in [6.45, 7) is 1.75. The van der Waals surface area contributed by atoms with Crippen molar-refractivity contribution in [3.05, 3.63) is 22.2 Å². The summed E-state index contributed by atoms with van der Waals surface area (Å²) in [5.74, 6) is 1.08. The van der Waals surface area contributed by atoms with E-state index in [0.29, 0.717) is 11.6 Å². The van der Waals surface area contributed by atoms with E-state index >= 15 is 0 Å². The number of aromatic nitrogens is 2. The fraction of sp³-hybridized carbons (Fsp3) is 0.615. The second-order valence-corrected chi connectivity index (χ2v) is 4.93. The van der Waals surface area contributed by atoms with Crippen LogP contribution in [0.2, 0.25) is 0 Å². The van der Waals surface area contributed by atoms with Crippen LogP contribution in [-0.2, 0) is 9.53 Å². The molecule has 0 aliphatic heterocycles. The highest BCUT2D eigenvalue weighted by atomic mass is 16.5. The van der Waals surface area contributed by atoms with Crippen LogP contribution in [0.5, 0.6) is 0 Å². The number of carbonyl (C=O) groups excluding carboxylic acids is 1. The van der Waals surface area contributed by atoms with Gasteiger partial charge in [0.2, 0.25) is 0 Å². The molecule has 1 aliphatic carbocycles. The number of aromatic amines is 1. The molecular formula is C13H19N3O3. The van der Waals surface area contributed by atoms with E-state index in [0.717, 1.165) is 25.7 Å². The lowest BCUT2D eigenvalue weighted by Gasteiger charge is -2.27. The summed E-state index contributed by atoms with van der Waals surface area (Å²) in [7, 11) is 1.43. The number of anilines is 1. The molecule has 2 rings (SSSR count). The fourth-order valence-corrected chi connectivity index (χ4v) is 2.50. The van der Waals surface area contributed by atoms with Gasteiger partial charge in [0.25, 0.3) is 5.56 Å². The van der Waals surface area contributed by atoms with Crippen LogP contribution in [0.3, 0.4) is 0 Å². The Hall–Kier alpha value is -1.85. The van der Waals surface area contributed by atoms with Gasteiger partial charge in [-0.15, -0.1) is 0 Å². The number of nitrogens with zero attached hydrogens (tertiary/aromatic N) is 1. The van der Waals surface area contributed by atoms with Gasteiger partial charge in [-0.3, -0.25) is 9.59 Å². The Morgan fingerprint density at radius 1 is 1.42 bits per heavy atom. The summed E-state index contributed by atoms with van der Waals surface area (Å²) in [4.78, 5) is 29.6. The number of esters is 1. The average Bonchev–Trinajstić information content (AvgIpc) is 2.37. The van der Waals surface area contributed by atoms with Crippen molar-refractivity contribution in [2.75, 3.05) is 12.4 Å². The van der Waals surface area contributed by atoms with Crippen LogP contribution in [0, 0.1) is 12.8 Å². The minimum absolute atomic E-state index is 0.0110. The van der Waals surface area contributed by atoms with Crippen molar-refractivity contribution < 1.29 is 9.53 Å². The highest BCUT2D eigenvalue weighted by Crippen LogP contribution is 2.26. The first kappa shape index (κ1) is 13.6. The van der Waals surface area contributed by atoms with Crippen LogP contribution in [0.25, 0.3) is 0 Å². The van der Waals surface area contributed by atoms with Gasteiger partial charge in [-0.2, -0.15) is 0 Å². The summed E-state index contributed by atoms with van der Waals surface area (Å²) in [6.07, 6.45) is 3.39. The molecule has 6 nitrogen and oxygen atoms in total. The lowest BCUT2D eigenvalue weighted by atomic mass is 9.86. The fourth-order valence-electron chi connectivity index (χ4n) is 2.50. The van der Waals surface area contributed by atoms with Gasteiger partial charge in [0.1, 0.15) is 11.6 Å². The van der Waals surface area contributed by atoms with Gasteiger partial charge in [-0.05, 0) is 32.6 Å². The molecule has 1 fully saturated rings. The molecular weight excluding hydrogens is 246 g/mol. The quantitative estimate of drug-likeness (QED) is 0.803. The smallest absolute Gasteiger partial charge is 0.308 e. The van der Waals surface area contributed by atoms with Crippen LogP contribution >= 0.6 is 0 Å². The highest BCUT2D eigenvalue weighted by molar-refractivity contribution is 5.72. The molecule has 0 aromatic carbocycles. The zero-order chi connectivity index (χ0) is 13.8. The maximum absolute atomic E-state index is 11.4. The topological polar surface area (TPSA) is 84.1 Å². The zero-order valence-corrected chi connectivity index (χ0v) is 11.2. The minimum atomic E-state index is -0.154. The van der Waals surface area contributed by atoms with Gasteiger partial charge < -0.3 is 15.0 Å². The lowest BCUT2D eigenvalue weighted by Crippen LogP contribution is -2.30. The Morgan fingerprint density at radius 3 is 2.68 bits per heavy atom. The molecule has 2 N–H and O–H groups in total. The van der Waals surface area contributed by atoms with Gasteiger partial charge in [-0.1, -0.05) is 0 Å². The van der Waals surface area contributed by atoms with Crippen molar-refractivity contribution in [3.63, 3.8) is 0 Å². The predicted molar refractivity (Wildman–Crippen MR) is 71.0 cm³/mol. The van der Waals surface area contributed by atoms with Crippen LogP contribution in [0.15, 0.2) is 10.9 Å². The molecule has 0 radical (unpaired) electrons. The average molecular weight is 265 g/mol. The first-order valence-electron chi connectivity index (χ1n) is 6.51. The number of H-pyrrole nitrogens is 1. The molecule has 6 heteroatoms. The van der Waals surface area contributed by atoms with Gasteiger partial charge in [0, 0.05) is 12.1 Å². The van der Waals surface area contributed by atoms with Crippen LogP contribution in [0.4, 0.5) is 5.82 Å². The standard InChI is InChI=1S/C13H19N3O3/c1-8-14-11(7-12(17)15-8)16-10-5-3-9(4-6-10)13(18)19-2/h7,9-10H,3-6H2,1-2H3,(H2,14,15,16,17). The number of carbonyl (C=O) groups is 1. The number of nitrogens with one attached hydrogen (secondary N) is 2. The summed E-state index contributed by atoms with van der Waals surface area (Å²) in [5, 5.41) is 3.26. The number of hydrogen-bond donors (Lipinski definition) is 2. The van der Waals surface area contributed by atoms with E-state index in [1.165, 1.54) is 13.2 Å². The highest BCUT2D eigenvalue weighted by Gasteiger charge is 2.26. The van der Waals surface area contributed by atoms with Crippen LogP contribution < -0.4 is 10.9 Å². The number of aryl methyl sites for hydroxylation is 1. The second kappa shape index (κ2) is 5.86. The molecule has 1 heterocycles. The minimum Gasteiger partial charge on any atom is -0.469 e. The normalized spacial score (nSPS) is 22.8. The molecule has 1 aromatic rings. The number of ether oxygens (including phenoxy) is 1. The number of rotatable bonds is 3.